The summed E-state index contributed by atoms with van der Waals surface area (Å²) in [5, 5.41) is 3.59. The van der Waals surface area contributed by atoms with Gasteiger partial charge in [-0.25, -0.2) is 0 Å². The van der Waals surface area contributed by atoms with Crippen LogP contribution >= 0.6 is 0 Å². The predicted molar refractivity (Wildman–Crippen MR) is 69.7 cm³/mol. The zero-order valence-electron chi connectivity index (χ0n) is 11.1. The van der Waals surface area contributed by atoms with Crippen LogP contribution in [-0.4, -0.2) is 25.8 Å². The van der Waals surface area contributed by atoms with Gasteiger partial charge in [0.05, 0.1) is 12.1 Å². The minimum Gasteiger partial charge on any atom is -0.379 e. The summed E-state index contributed by atoms with van der Waals surface area (Å²) in [6, 6.07) is 0.440. The summed E-state index contributed by atoms with van der Waals surface area (Å²) in [5.74, 6) is 0. The highest BCUT2D eigenvalue weighted by atomic mass is 16.5. The molecule has 1 N–H and O–H groups in total. The van der Waals surface area contributed by atoms with E-state index in [9.17, 15) is 0 Å². The molecule has 2 unspecified atom stereocenters. The molecule has 0 aromatic heterocycles. The molecule has 1 aliphatic carbocycles. The monoisotopic (exact) mass is 225 g/mol. The normalized spacial score (nSPS) is 20.3. The van der Waals surface area contributed by atoms with Crippen molar-refractivity contribution in [2.24, 2.45) is 0 Å². The third-order valence-electron chi connectivity index (χ3n) is 3.40. The van der Waals surface area contributed by atoms with Gasteiger partial charge < -0.3 is 10.1 Å². The Labute approximate surface area is 100 Å². The van der Waals surface area contributed by atoms with Gasteiger partial charge in [0, 0.05) is 7.11 Å². The van der Waals surface area contributed by atoms with Gasteiger partial charge >= 0.3 is 0 Å². The predicted octanol–water partition coefficient (Wildman–Crippen LogP) is 3.28. The minimum absolute atomic E-state index is 0.342. The largest absolute Gasteiger partial charge is 0.379 e. The van der Waals surface area contributed by atoms with Crippen molar-refractivity contribution in [1.82, 2.24) is 5.32 Å². The number of rotatable bonds is 7. The van der Waals surface area contributed by atoms with Crippen LogP contribution in [0.15, 0.2) is 11.6 Å². The van der Waals surface area contributed by atoms with Crippen LogP contribution in [0.25, 0.3) is 0 Å². The van der Waals surface area contributed by atoms with Crippen molar-refractivity contribution >= 4 is 0 Å². The van der Waals surface area contributed by atoms with E-state index in [0.29, 0.717) is 12.1 Å². The molecule has 94 valence electrons. The van der Waals surface area contributed by atoms with Crippen molar-refractivity contribution in [2.45, 2.75) is 64.5 Å². The van der Waals surface area contributed by atoms with Crippen LogP contribution in [0, 0.1) is 0 Å². The van der Waals surface area contributed by atoms with Gasteiger partial charge in [0.1, 0.15) is 0 Å². The van der Waals surface area contributed by atoms with Crippen LogP contribution < -0.4 is 5.32 Å². The Morgan fingerprint density at radius 2 is 2.19 bits per heavy atom. The number of nitrogens with one attached hydrogen (secondary N) is 1. The fraction of sp³-hybridized carbons (Fsp3) is 0.857. The summed E-state index contributed by atoms with van der Waals surface area (Å²) in [7, 11) is 1.84. The highest BCUT2D eigenvalue weighted by Gasteiger charge is 2.23. The number of likely N-dealkylation sites (N-methyl/N-ethyl adjacent to an activating group) is 1. The molecule has 0 aromatic carbocycles. The zero-order chi connectivity index (χ0) is 11.8. The molecule has 0 fully saturated rings. The second-order valence-corrected chi connectivity index (χ2v) is 4.62. The first kappa shape index (κ1) is 13.7. The molecule has 0 saturated carbocycles. The van der Waals surface area contributed by atoms with Gasteiger partial charge in [-0.2, -0.15) is 0 Å². The molecule has 2 heteroatoms. The number of ether oxygens (including phenoxy) is 1. The maximum Gasteiger partial charge on any atom is 0.0762 e. The molecule has 0 radical (unpaired) electrons. The van der Waals surface area contributed by atoms with Gasteiger partial charge in [-0.1, -0.05) is 31.9 Å². The van der Waals surface area contributed by atoms with E-state index >= 15 is 0 Å². The molecule has 0 amide bonds. The maximum absolute atomic E-state index is 5.66. The van der Waals surface area contributed by atoms with Crippen LogP contribution in [-0.2, 0) is 4.74 Å². The van der Waals surface area contributed by atoms with Crippen LogP contribution in [0.5, 0.6) is 0 Å². The molecule has 16 heavy (non-hydrogen) atoms. The summed E-state index contributed by atoms with van der Waals surface area (Å²) in [6.07, 6.45) is 10.3. The summed E-state index contributed by atoms with van der Waals surface area (Å²) >= 11 is 0. The van der Waals surface area contributed by atoms with Gasteiger partial charge in [-0.3, -0.25) is 0 Å². The van der Waals surface area contributed by atoms with E-state index in [1.54, 1.807) is 5.57 Å². The van der Waals surface area contributed by atoms with Crippen LogP contribution in [0.2, 0.25) is 0 Å². The fourth-order valence-corrected chi connectivity index (χ4v) is 2.57. The molecule has 1 rings (SSSR count). The van der Waals surface area contributed by atoms with Gasteiger partial charge in [0.25, 0.3) is 0 Å². The summed E-state index contributed by atoms with van der Waals surface area (Å²) < 4.78 is 5.66. The first-order chi connectivity index (χ1) is 7.83. The Balaban J connectivity index is 2.66. The van der Waals surface area contributed by atoms with E-state index in [1.165, 1.54) is 32.1 Å². The van der Waals surface area contributed by atoms with Crippen molar-refractivity contribution in [1.29, 1.82) is 0 Å². The van der Waals surface area contributed by atoms with Crippen LogP contribution in [0.1, 0.15) is 52.4 Å². The molecule has 0 spiro atoms. The molecule has 0 aromatic rings. The van der Waals surface area contributed by atoms with E-state index in [1.807, 2.05) is 7.11 Å². The summed E-state index contributed by atoms with van der Waals surface area (Å²) in [5.41, 5.74) is 1.58. The average molecular weight is 225 g/mol. The third kappa shape index (κ3) is 3.91. The smallest absolute Gasteiger partial charge is 0.0762 e. The second kappa shape index (κ2) is 7.86. The van der Waals surface area contributed by atoms with E-state index < -0.39 is 0 Å². The van der Waals surface area contributed by atoms with E-state index in [2.05, 4.69) is 25.2 Å². The third-order valence-corrected chi connectivity index (χ3v) is 3.40. The Morgan fingerprint density at radius 3 is 2.69 bits per heavy atom. The molecule has 1 aliphatic rings. The lowest BCUT2D eigenvalue weighted by Crippen LogP contribution is -2.42. The van der Waals surface area contributed by atoms with Gasteiger partial charge in [0.2, 0.25) is 0 Å². The van der Waals surface area contributed by atoms with Gasteiger partial charge in [-0.15, -0.1) is 0 Å². The number of methoxy groups -OCH3 is 1. The van der Waals surface area contributed by atoms with Crippen LogP contribution in [0.3, 0.4) is 0 Å². The minimum atomic E-state index is 0.342. The van der Waals surface area contributed by atoms with Crippen LogP contribution in [0.4, 0.5) is 0 Å². The highest BCUT2D eigenvalue weighted by molar-refractivity contribution is 5.15. The lowest BCUT2D eigenvalue weighted by molar-refractivity contribution is 0.0703. The van der Waals surface area contributed by atoms with E-state index in [0.717, 1.165) is 13.0 Å². The highest BCUT2D eigenvalue weighted by Crippen LogP contribution is 2.24. The molecule has 2 nitrogen and oxygen atoms in total. The molecule has 2 atom stereocenters. The van der Waals surface area contributed by atoms with Gasteiger partial charge in [-0.05, 0) is 38.6 Å². The molecular formula is C14H27NO. The second-order valence-electron chi connectivity index (χ2n) is 4.62. The first-order valence-electron chi connectivity index (χ1n) is 6.78. The number of hydrogen-bond donors (Lipinski definition) is 1. The van der Waals surface area contributed by atoms with Gasteiger partial charge in [0.15, 0.2) is 0 Å². The quantitative estimate of drug-likeness (QED) is 0.671. The number of allylic oxidation sites excluding steroid dienone is 1. The SMILES string of the molecule is CCCC(OC)C(NCC)C1=CCCCC1. The molecule has 0 heterocycles. The summed E-state index contributed by atoms with van der Waals surface area (Å²) in [4.78, 5) is 0. The topological polar surface area (TPSA) is 21.3 Å². The Morgan fingerprint density at radius 1 is 1.38 bits per heavy atom. The number of hydrogen-bond acceptors (Lipinski definition) is 2. The first-order valence-corrected chi connectivity index (χ1v) is 6.78. The van der Waals surface area contributed by atoms with Crippen molar-refractivity contribution in [3.05, 3.63) is 11.6 Å². The Hall–Kier alpha value is -0.340. The Kier molecular flexibility index (Phi) is 6.74. The molecule has 0 bridgehead atoms. The lowest BCUT2D eigenvalue weighted by Gasteiger charge is -2.30. The maximum atomic E-state index is 5.66. The van der Waals surface area contributed by atoms with Crippen molar-refractivity contribution in [2.75, 3.05) is 13.7 Å². The zero-order valence-corrected chi connectivity index (χ0v) is 11.1. The van der Waals surface area contributed by atoms with E-state index in [4.69, 9.17) is 4.74 Å². The fourth-order valence-electron chi connectivity index (χ4n) is 2.57. The molecule has 0 saturated heterocycles. The standard InChI is InChI=1S/C14H27NO/c1-4-9-13(16-3)14(15-5-2)12-10-7-6-8-11-12/h10,13-15H,4-9,11H2,1-3H3. The molecule has 0 aliphatic heterocycles. The molecular weight excluding hydrogens is 198 g/mol. The average Bonchev–Trinajstić information content (AvgIpc) is 2.35. The van der Waals surface area contributed by atoms with Crippen molar-refractivity contribution in [3.63, 3.8) is 0 Å². The van der Waals surface area contributed by atoms with E-state index in [-0.39, 0.29) is 0 Å². The Bertz CT molecular complexity index is 213. The van der Waals surface area contributed by atoms with Crippen molar-refractivity contribution < 1.29 is 4.74 Å². The van der Waals surface area contributed by atoms with Crippen molar-refractivity contribution in [3.8, 4) is 0 Å². The lowest BCUT2D eigenvalue weighted by atomic mass is 9.89. The summed E-state index contributed by atoms with van der Waals surface area (Å²) in [6.45, 7) is 5.42.